The minimum atomic E-state index is -0.368. The smallest absolute Gasteiger partial charge is 0.229 e. The molecule has 1 atom stereocenters. The molecule has 3 rings (SSSR count). The maximum absolute atomic E-state index is 12.7. The molecule has 5 heteroatoms. The van der Waals surface area contributed by atoms with Crippen LogP contribution in [0.25, 0.3) is 0 Å². The van der Waals surface area contributed by atoms with Gasteiger partial charge in [-0.3, -0.25) is 9.59 Å². The summed E-state index contributed by atoms with van der Waals surface area (Å²) in [7, 11) is 1.60. The molecule has 27 heavy (non-hydrogen) atoms. The van der Waals surface area contributed by atoms with Crippen LogP contribution in [0.3, 0.4) is 0 Å². The van der Waals surface area contributed by atoms with Crippen molar-refractivity contribution in [3.63, 3.8) is 0 Å². The molecule has 1 aliphatic heterocycles. The quantitative estimate of drug-likeness (QED) is 0.890. The lowest BCUT2D eigenvalue weighted by Gasteiger charge is -2.27. The fourth-order valence-electron chi connectivity index (χ4n) is 3.38. The number of rotatable bonds is 4. The predicted molar refractivity (Wildman–Crippen MR) is 107 cm³/mol. The van der Waals surface area contributed by atoms with E-state index in [0.29, 0.717) is 12.2 Å². The van der Waals surface area contributed by atoms with Crippen LogP contribution >= 0.6 is 0 Å². The van der Waals surface area contributed by atoms with Gasteiger partial charge in [-0.1, -0.05) is 39.0 Å². The standard InChI is InChI=1S/C22H26N2O3/c1-22(2,3)18-7-5-6-8-19(18)24-14-15(13-20(24)25)21(26)23-16-9-11-17(27-4)12-10-16/h5-12,15H,13-14H2,1-4H3,(H,23,26). The van der Waals surface area contributed by atoms with E-state index in [0.717, 1.165) is 17.0 Å². The minimum Gasteiger partial charge on any atom is -0.497 e. The second-order valence-corrected chi connectivity index (χ2v) is 7.89. The highest BCUT2D eigenvalue weighted by Crippen LogP contribution is 2.35. The first-order valence-electron chi connectivity index (χ1n) is 9.14. The van der Waals surface area contributed by atoms with Crippen molar-refractivity contribution < 1.29 is 14.3 Å². The highest BCUT2D eigenvalue weighted by molar-refractivity contribution is 6.04. The monoisotopic (exact) mass is 366 g/mol. The molecule has 0 saturated carbocycles. The lowest BCUT2D eigenvalue weighted by Crippen LogP contribution is -2.30. The number of carbonyl (C=O) groups is 2. The van der Waals surface area contributed by atoms with Crippen LogP contribution in [0.1, 0.15) is 32.8 Å². The van der Waals surface area contributed by atoms with Gasteiger partial charge >= 0.3 is 0 Å². The zero-order valence-electron chi connectivity index (χ0n) is 16.3. The number of hydrogen-bond donors (Lipinski definition) is 1. The molecular formula is C22H26N2O3. The van der Waals surface area contributed by atoms with Gasteiger partial charge in [0.25, 0.3) is 0 Å². The Balaban J connectivity index is 1.74. The lowest BCUT2D eigenvalue weighted by atomic mass is 9.85. The summed E-state index contributed by atoms with van der Waals surface area (Å²) in [6.07, 6.45) is 0.223. The largest absolute Gasteiger partial charge is 0.497 e. The maximum atomic E-state index is 12.7. The van der Waals surface area contributed by atoms with Gasteiger partial charge in [-0.15, -0.1) is 0 Å². The van der Waals surface area contributed by atoms with Crippen molar-refractivity contribution in [1.29, 1.82) is 0 Å². The summed E-state index contributed by atoms with van der Waals surface area (Å²) in [6.45, 7) is 6.77. The lowest BCUT2D eigenvalue weighted by molar-refractivity contribution is -0.122. The minimum absolute atomic E-state index is 0.0124. The van der Waals surface area contributed by atoms with Crippen molar-refractivity contribution in [2.75, 3.05) is 23.9 Å². The number of nitrogens with zero attached hydrogens (tertiary/aromatic N) is 1. The Morgan fingerprint density at radius 1 is 1.11 bits per heavy atom. The van der Waals surface area contributed by atoms with Gasteiger partial charge in [0, 0.05) is 24.3 Å². The van der Waals surface area contributed by atoms with Crippen LogP contribution in [0, 0.1) is 5.92 Å². The first-order chi connectivity index (χ1) is 12.8. The molecule has 1 unspecified atom stereocenters. The van der Waals surface area contributed by atoms with Crippen LogP contribution in [0.5, 0.6) is 5.75 Å². The third kappa shape index (κ3) is 4.13. The molecule has 2 aromatic carbocycles. The van der Waals surface area contributed by atoms with E-state index in [2.05, 4.69) is 26.1 Å². The summed E-state index contributed by atoms with van der Waals surface area (Å²) >= 11 is 0. The molecule has 1 heterocycles. The normalized spacial score (nSPS) is 17.1. The topological polar surface area (TPSA) is 58.6 Å². The number of benzene rings is 2. The second-order valence-electron chi connectivity index (χ2n) is 7.89. The van der Waals surface area contributed by atoms with E-state index in [-0.39, 0.29) is 29.6 Å². The van der Waals surface area contributed by atoms with Crippen LogP contribution in [0.4, 0.5) is 11.4 Å². The van der Waals surface area contributed by atoms with Crippen molar-refractivity contribution in [1.82, 2.24) is 0 Å². The predicted octanol–water partition coefficient (Wildman–Crippen LogP) is 3.98. The second kappa shape index (κ2) is 7.43. The number of ether oxygens (including phenoxy) is 1. The Labute approximate surface area is 160 Å². The summed E-state index contributed by atoms with van der Waals surface area (Å²) in [5.41, 5.74) is 2.62. The molecule has 1 saturated heterocycles. The third-order valence-electron chi connectivity index (χ3n) is 4.86. The van der Waals surface area contributed by atoms with E-state index in [1.165, 1.54) is 0 Å². The Morgan fingerprint density at radius 2 is 1.78 bits per heavy atom. The highest BCUT2D eigenvalue weighted by Gasteiger charge is 2.37. The molecule has 0 radical (unpaired) electrons. The van der Waals surface area contributed by atoms with Crippen LogP contribution < -0.4 is 15.0 Å². The first-order valence-corrected chi connectivity index (χ1v) is 9.14. The summed E-state index contributed by atoms with van der Waals surface area (Å²) in [5.74, 6) is 0.215. The zero-order valence-corrected chi connectivity index (χ0v) is 16.3. The molecule has 2 aromatic rings. The van der Waals surface area contributed by atoms with Crippen LogP contribution in [-0.2, 0) is 15.0 Å². The van der Waals surface area contributed by atoms with Crippen LogP contribution in [0.15, 0.2) is 48.5 Å². The number of methoxy groups -OCH3 is 1. The fraction of sp³-hybridized carbons (Fsp3) is 0.364. The molecule has 5 nitrogen and oxygen atoms in total. The Bertz CT molecular complexity index is 837. The molecule has 1 N–H and O–H groups in total. The van der Waals surface area contributed by atoms with Gasteiger partial charge in [-0.05, 0) is 41.3 Å². The molecule has 1 fully saturated rings. The fourth-order valence-corrected chi connectivity index (χ4v) is 3.38. The van der Waals surface area contributed by atoms with Gasteiger partial charge in [-0.2, -0.15) is 0 Å². The first kappa shape index (κ1) is 19.0. The molecule has 0 spiro atoms. The number of amides is 2. The van der Waals surface area contributed by atoms with E-state index >= 15 is 0 Å². The average Bonchev–Trinajstić information content (AvgIpc) is 3.03. The van der Waals surface area contributed by atoms with Crippen LogP contribution in [-0.4, -0.2) is 25.5 Å². The van der Waals surface area contributed by atoms with Crippen molar-refractivity contribution in [3.05, 3.63) is 54.1 Å². The van der Waals surface area contributed by atoms with Gasteiger partial charge < -0.3 is 15.0 Å². The third-order valence-corrected chi connectivity index (χ3v) is 4.86. The van der Waals surface area contributed by atoms with Gasteiger partial charge in [-0.25, -0.2) is 0 Å². The SMILES string of the molecule is COc1ccc(NC(=O)C2CC(=O)N(c3ccccc3C(C)(C)C)C2)cc1. The van der Waals surface area contributed by atoms with E-state index in [1.54, 1.807) is 36.3 Å². The summed E-state index contributed by atoms with van der Waals surface area (Å²) in [5, 5.41) is 2.90. The Hall–Kier alpha value is -2.82. The Kier molecular flexibility index (Phi) is 5.22. The van der Waals surface area contributed by atoms with Crippen molar-refractivity contribution in [2.24, 2.45) is 5.92 Å². The van der Waals surface area contributed by atoms with E-state index in [4.69, 9.17) is 4.74 Å². The molecule has 1 aliphatic rings. The van der Waals surface area contributed by atoms with E-state index < -0.39 is 0 Å². The number of carbonyl (C=O) groups excluding carboxylic acids is 2. The van der Waals surface area contributed by atoms with E-state index in [1.807, 2.05) is 24.3 Å². The summed E-state index contributed by atoms with van der Waals surface area (Å²) in [4.78, 5) is 27.0. The maximum Gasteiger partial charge on any atom is 0.229 e. The van der Waals surface area contributed by atoms with Crippen molar-refractivity contribution >= 4 is 23.2 Å². The number of para-hydroxylation sites is 1. The number of nitrogens with one attached hydrogen (secondary N) is 1. The van der Waals surface area contributed by atoms with Crippen molar-refractivity contribution in [3.8, 4) is 5.75 Å². The highest BCUT2D eigenvalue weighted by atomic mass is 16.5. The van der Waals surface area contributed by atoms with Gasteiger partial charge in [0.1, 0.15) is 5.75 Å². The van der Waals surface area contributed by atoms with E-state index in [9.17, 15) is 9.59 Å². The molecule has 0 aliphatic carbocycles. The summed E-state index contributed by atoms with van der Waals surface area (Å²) < 4.78 is 5.13. The summed E-state index contributed by atoms with van der Waals surface area (Å²) in [6, 6.07) is 15.1. The van der Waals surface area contributed by atoms with Gasteiger partial charge in [0.15, 0.2) is 0 Å². The Morgan fingerprint density at radius 3 is 2.41 bits per heavy atom. The van der Waals surface area contributed by atoms with Crippen LogP contribution in [0.2, 0.25) is 0 Å². The van der Waals surface area contributed by atoms with Gasteiger partial charge in [0.05, 0.1) is 13.0 Å². The van der Waals surface area contributed by atoms with Crippen molar-refractivity contribution in [2.45, 2.75) is 32.6 Å². The molecule has 0 bridgehead atoms. The number of hydrogen-bond acceptors (Lipinski definition) is 3. The number of anilines is 2. The van der Waals surface area contributed by atoms with Gasteiger partial charge in [0.2, 0.25) is 11.8 Å². The zero-order chi connectivity index (χ0) is 19.6. The molecule has 2 amide bonds. The average molecular weight is 366 g/mol. The molecular weight excluding hydrogens is 340 g/mol. The molecule has 142 valence electrons. The molecule has 0 aromatic heterocycles.